The lowest BCUT2D eigenvalue weighted by atomic mass is 10.3. The minimum Gasteiger partial charge on any atom is -0.325 e. The standard InChI is InChI=1S/C26H21BrFN3O5S2/c27-19-6-10-22(11-7-19)30-37(33,34)24-16-12-21(13-17-24)29-26(32)18-31(23-14-8-20(28)9-15-23)38(35,36)25-4-2-1-3-5-25/h1-17,30H,18H2,(H,29,32). The lowest BCUT2D eigenvalue weighted by molar-refractivity contribution is -0.114. The van der Waals surface area contributed by atoms with Gasteiger partial charge in [0.15, 0.2) is 0 Å². The van der Waals surface area contributed by atoms with Gasteiger partial charge in [0.25, 0.3) is 20.0 Å². The lowest BCUT2D eigenvalue weighted by Crippen LogP contribution is -2.38. The summed E-state index contributed by atoms with van der Waals surface area (Å²) < 4.78 is 69.6. The van der Waals surface area contributed by atoms with Crippen LogP contribution >= 0.6 is 15.9 Å². The Hall–Kier alpha value is -3.74. The maximum absolute atomic E-state index is 13.5. The van der Waals surface area contributed by atoms with Crippen LogP contribution in [0.1, 0.15) is 0 Å². The summed E-state index contributed by atoms with van der Waals surface area (Å²) in [5.74, 6) is -1.24. The van der Waals surface area contributed by atoms with Crippen LogP contribution in [0.5, 0.6) is 0 Å². The van der Waals surface area contributed by atoms with E-state index in [4.69, 9.17) is 0 Å². The average molecular weight is 619 g/mol. The van der Waals surface area contributed by atoms with Gasteiger partial charge in [0.1, 0.15) is 12.4 Å². The van der Waals surface area contributed by atoms with Crippen LogP contribution in [-0.4, -0.2) is 29.3 Å². The normalized spacial score (nSPS) is 11.5. The number of anilines is 3. The van der Waals surface area contributed by atoms with Crippen molar-refractivity contribution in [3.8, 4) is 0 Å². The fourth-order valence-electron chi connectivity index (χ4n) is 3.42. The Labute approximate surface area is 228 Å². The zero-order valence-corrected chi connectivity index (χ0v) is 22.8. The van der Waals surface area contributed by atoms with Crippen molar-refractivity contribution in [2.75, 3.05) is 20.9 Å². The summed E-state index contributed by atoms with van der Waals surface area (Å²) in [5.41, 5.74) is 0.741. The number of carbonyl (C=O) groups excluding carboxylic acids is 1. The molecule has 0 saturated carbocycles. The Morgan fingerprint density at radius 3 is 1.92 bits per heavy atom. The maximum atomic E-state index is 13.5. The number of hydrogen-bond acceptors (Lipinski definition) is 5. The Balaban J connectivity index is 1.51. The van der Waals surface area contributed by atoms with Crippen LogP contribution in [-0.2, 0) is 24.8 Å². The fourth-order valence-corrected chi connectivity index (χ4v) is 6.19. The SMILES string of the molecule is O=C(CN(c1ccc(F)cc1)S(=O)(=O)c1ccccc1)Nc1ccc(S(=O)(=O)Nc2ccc(Br)cc2)cc1. The summed E-state index contributed by atoms with van der Waals surface area (Å²) in [5, 5.41) is 2.57. The molecule has 0 unspecified atom stereocenters. The Morgan fingerprint density at radius 2 is 1.32 bits per heavy atom. The third-order valence-electron chi connectivity index (χ3n) is 5.28. The topological polar surface area (TPSA) is 113 Å². The number of hydrogen-bond donors (Lipinski definition) is 2. The molecule has 4 aromatic carbocycles. The van der Waals surface area contributed by atoms with Crippen LogP contribution < -0.4 is 14.3 Å². The highest BCUT2D eigenvalue weighted by molar-refractivity contribution is 9.10. The Bertz CT molecular complexity index is 1630. The first-order valence-electron chi connectivity index (χ1n) is 11.1. The summed E-state index contributed by atoms with van der Waals surface area (Å²) in [7, 11) is -8.03. The molecule has 1 amide bonds. The molecule has 0 saturated heterocycles. The first-order chi connectivity index (χ1) is 18.0. The number of rotatable bonds is 9. The van der Waals surface area contributed by atoms with Crippen molar-refractivity contribution in [3.63, 3.8) is 0 Å². The van der Waals surface area contributed by atoms with Gasteiger partial charge < -0.3 is 5.32 Å². The average Bonchev–Trinajstić information content (AvgIpc) is 2.90. The van der Waals surface area contributed by atoms with Gasteiger partial charge in [-0.15, -0.1) is 0 Å². The predicted octanol–water partition coefficient (Wildman–Crippen LogP) is 5.22. The van der Waals surface area contributed by atoms with Gasteiger partial charge in [-0.05, 0) is 84.9 Å². The van der Waals surface area contributed by atoms with E-state index >= 15 is 0 Å². The van der Waals surface area contributed by atoms with Gasteiger partial charge in [0, 0.05) is 15.8 Å². The van der Waals surface area contributed by atoms with Crippen molar-refractivity contribution in [1.29, 1.82) is 0 Å². The minimum absolute atomic E-state index is 0.0296. The Kier molecular flexibility index (Phi) is 8.14. The predicted molar refractivity (Wildman–Crippen MR) is 147 cm³/mol. The first kappa shape index (κ1) is 27.3. The second kappa shape index (κ2) is 11.3. The summed E-state index contributed by atoms with van der Waals surface area (Å²) >= 11 is 3.29. The molecule has 0 heterocycles. The van der Waals surface area contributed by atoms with Gasteiger partial charge in [-0.25, -0.2) is 21.2 Å². The highest BCUT2D eigenvalue weighted by Crippen LogP contribution is 2.25. The van der Waals surface area contributed by atoms with Crippen molar-refractivity contribution in [3.05, 3.63) is 113 Å². The number of carbonyl (C=O) groups is 1. The van der Waals surface area contributed by atoms with Crippen molar-refractivity contribution in [1.82, 2.24) is 0 Å². The van der Waals surface area contributed by atoms with Crippen molar-refractivity contribution < 1.29 is 26.0 Å². The smallest absolute Gasteiger partial charge is 0.264 e. The van der Waals surface area contributed by atoms with E-state index in [1.807, 2.05) is 0 Å². The lowest BCUT2D eigenvalue weighted by Gasteiger charge is -2.24. The summed E-state index contributed by atoms with van der Waals surface area (Å²) in [6.07, 6.45) is 0. The third-order valence-corrected chi connectivity index (χ3v) is 8.99. The largest absolute Gasteiger partial charge is 0.325 e. The molecule has 4 aromatic rings. The molecular formula is C26H21BrFN3O5S2. The summed E-state index contributed by atoms with van der Waals surface area (Å²) in [4.78, 5) is 12.8. The molecule has 0 aliphatic carbocycles. The molecule has 196 valence electrons. The fraction of sp³-hybridized carbons (Fsp3) is 0.0385. The molecule has 2 N–H and O–H groups in total. The van der Waals surface area contributed by atoms with Crippen LogP contribution in [0.25, 0.3) is 0 Å². The molecule has 0 spiro atoms. The quantitative estimate of drug-likeness (QED) is 0.267. The van der Waals surface area contributed by atoms with Crippen LogP contribution in [0.15, 0.2) is 117 Å². The monoisotopic (exact) mass is 617 g/mol. The van der Waals surface area contributed by atoms with Crippen LogP contribution in [0, 0.1) is 5.82 Å². The van der Waals surface area contributed by atoms with Gasteiger partial charge in [-0.3, -0.25) is 13.8 Å². The van der Waals surface area contributed by atoms with Gasteiger partial charge in [-0.1, -0.05) is 34.1 Å². The van der Waals surface area contributed by atoms with E-state index in [0.29, 0.717) is 5.69 Å². The van der Waals surface area contributed by atoms with Crippen molar-refractivity contribution in [2.45, 2.75) is 9.79 Å². The van der Waals surface area contributed by atoms with E-state index in [1.54, 1.807) is 42.5 Å². The summed E-state index contributed by atoms with van der Waals surface area (Å²) in [6, 6.07) is 24.3. The zero-order chi connectivity index (χ0) is 27.3. The van der Waals surface area contributed by atoms with Crippen LogP contribution in [0.3, 0.4) is 0 Å². The van der Waals surface area contributed by atoms with E-state index in [2.05, 4.69) is 26.0 Å². The molecular weight excluding hydrogens is 597 g/mol. The second-order valence-corrected chi connectivity index (χ2v) is 12.4. The number of nitrogens with zero attached hydrogens (tertiary/aromatic N) is 1. The molecule has 8 nitrogen and oxygen atoms in total. The number of nitrogens with one attached hydrogen (secondary N) is 2. The number of amides is 1. The molecule has 0 atom stereocenters. The molecule has 4 rings (SSSR count). The summed E-state index contributed by atoms with van der Waals surface area (Å²) in [6.45, 7) is -0.603. The van der Waals surface area contributed by atoms with Gasteiger partial charge in [0.05, 0.1) is 15.5 Å². The van der Waals surface area contributed by atoms with Gasteiger partial charge >= 0.3 is 0 Å². The maximum Gasteiger partial charge on any atom is 0.264 e. The van der Waals surface area contributed by atoms with E-state index in [0.717, 1.165) is 20.9 Å². The molecule has 0 bridgehead atoms. The minimum atomic E-state index is -4.15. The van der Waals surface area contributed by atoms with Crippen molar-refractivity contribution in [2.24, 2.45) is 0 Å². The van der Waals surface area contributed by atoms with E-state index in [1.165, 1.54) is 48.5 Å². The van der Waals surface area contributed by atoms with Gasteiger partial charge in [-0.2, -0.15) is 0 Å². The molecule has 0 aliphatic rings. The number of benzene rings is 4. The van der Waals surface area contributed by atoms with Crippen LogP contribution in [0.2, 0.25) is 0 Å². The third kappa shape index (κ3) is 6.57. The van der Waals surface area contributed by atoms with Crippen molar-refractivity contribution >= 4 is 58.9 Å². The Morgan fingerprint density at radius 1 is 0.737 bits per heavy atom. The second-order valence-electron chi connectivity index (χ2n) is 7.99. The van der Waals surface area contributed by atoms with E-state index in [-0.39, 0.29) is 21.2 Å². The highest BCUT2D eigenvalue weighted by atomic mass is 79.9. The molecule has 0 radical (unpaired) electrons. The zero-order valence-electron chi connectivity index (χ0n) is 19.6. The molecule has 0 fully saturated rings. The molecule has 38 heavy (non-hydrogen) atoms. The van der Waals surface area contributed by atoms with Crippen LogP contribution in [0.4, 0.5) is 21.5 Å². The number of halogens is 2. The molecule has 12 heteroatoms. The number of sulfonamides is 2. The highest BCUT2D eigenvalue weighted by Gasteiger charge is 2.27. The van der Waals surface area contributed by atoms with E-state index in [9.17, 15) is 26.0 Å². The van der Waals surface area contributed by atoms with Gasteiger partial charge in [0.2, 0.25) is 5.91 Å². The van der Waals surface area contributed by atoms with E-state index < -0.39 is 38.3 Å². The molecule has 0 aliphatic heterocycles. The molecule has 0 aromatic heterocycles. The first-order valence-corrected chi connectivity index (χ1v) is 14.8.